The number of halogens is 1. The molecule has 1 saturated heterocycles. The average molecular weight is 385 g/mol. The van der Waals surface area contributed by atoms with Crippen LogP contribution in [0.2, 0.25) is 0 Å². The number of carbonyl (C=O) groups is 2. The van der Waals surface area contributed by atoms with Gasteiger partial charge in [0.2, 0.25) is 0 Å². The molecule has 0 bridgehead atoms. The minimum Gasteiger partial charge on any atom is -0.481 e. The third-order valence-corrected chi connectivity index (χ3v) is 5.33. The highest BCUT2D eigenvalue weighted by Gasteiger charge is 2.55. The first-order chi connectivity index (χ1) is 9.53. The van der Waals surface area contributed by atoms with Crippen LogP contribution in [-0.2, 0) is 4.79 Å². The Bertz CT molecular complexity index is 574. The molecule has 1 amide bonds. The van der Waals surface area contributed by atoms with E-state index in [0.29, 0.717) is 25.1 Å². The lowest BCUT2D eigenvalue weighted by molar-refractivity contribution is -0.149. The summed E-state index contributed by atoms with van der Waals surface area (Å²) in [4.78, 5) is 25.9. The molecule has 3 rings (SSSR count). The van der Waals surface area contributed by atoms with Crippen LogP contribution in [0.5, 0.6) is 0 Å². The van der Waals surface area contributed by atoms with Crippen LogP contribution in [0.4, 0.5) is 0 Å². The van der Waals surface area contributed by atoms with Gasteiger partial charge in [-0.2, -0.15) is 0 Å². The molecular weight excluding hydrogens is 369 g/mol. The number of likely N-dealkylation sites (tertiary alicyclic amines) is 1. The fraction of sp³-hybridized carbons (Fsp3) is 0.467. The average Bonchev–Trinajstić information content (AvgIpc) is 2.95. The SMILES string of the molecule is O=C(c1cccc(I)c1)N1C[C@@H]2CCC[C@@]2(C(=O)O)C1. The number of hydrogen-bond acceptors (Lipinski definition) is 2. The first-order valence-corrected chi connectivity index (χ1v) is 7.89. The number of carbonyl (C=O) groups excluding carboxylic acids is 1. The first kappa shape index (κ1) is 13.9. The molecule has 5 heteroatoms. The predicted octanol–water partition coefficient (Wildman–Crippen LogP) is 2.62. The van der Waals surface area contributed by atoms with E-state index in [4.69, 9.17) is 0 Å². The Kier molecular flexibility index (Phi) is 3.48. The quantitative estimate of drug-likeness (QED) is 0.797. The van der Waals surface area contributed by atoms with E-state index in [9.17, 15) is 14.7 Å². The largest absolute Gasteiger partial charge is 0.481 e. The van der Waals surface area contributed by atoms with Gasteiger partial charge in [0.25, 0.3) is 5.91 Å². The number of carboxylic acids is 1. The number of nitrogens with zero attached hydrogens (tertiary/aromatic N) is 1. The van der Waals surface area contributed by atoms with Gasteiger partial charge in [-0.3, -0.25) is 9.59 Å². The highest BCUT2D eigenvalue weighted by molar-refractivity contribution is 14.1. The Hall–Kier alpha value is -1.11. The lowest BCUT2D eigenvalue weighted by atomic mass is 9.81. The molecule has 0 unspecified atom stereocenters. The lowest BCUT2D eigenvalue weighted by Gasteiger charge is -2.23. The van der Waals surface area contributed by atoms with Crippen molar-refractivity contribution < 1.29 is 14.7 Å². The fourth-order valence-corrected chi connectivity index (χ4v) is 4.14. The third kappa shape index (κ3) is 2.12. The maximum Gasteiger partial charge on any atom is 0.311 e. The summed E-state index contributed by atoms with van der Waals surface area (Å²) >= 11 is 2.18. The number of fused-ring (bicyclic) bond motifs is 1. The molecule has 4 nitrogen and oxygen atoms in total. The molecule has 0 spiro atoms. The molecule has 0 aromatic heterocycles. The zero-order valence-corrected chi connectivity index (χ0v) is 13.2. The minimum atomic E-state index is -0.738. The van der Waals surface area contributed by atoms with E-state index in [1.807, 2.05) is 18.2 Å². The zero-order valence-electron chi connectivity index (χ0n) is 11.0. The van der Waals surface area contributed by atoms with Gasteiger partial charge >= 0.3 is 5.97 Å². The summed E-state index contributed by atoms with van der Waals surface area (Å²) in [6.07, 6.45) is 2.58. The Morgan fingerprint density at radius 3 is 2.85 bits per heavy atom. The Balaban J connectivity index is 1.84. The van der Waals surface area contributed by atoms with Gasteiger partial charge in [-0.15, -0.1) is 0 Å². The second-order valence-electron chi connectivity index (χ2n) is 5.75. The number of rotatable bonds is 2. The van der Waals surface area contributed by atoms with Gasteiger partial charge in [0.15, 0.2) is 0 Å². The van der Waals surface area contributed by atoms with E-state index in [0.717, 1.165) is 16.4 Å². The van der Waals surface area contributed by atoms with E-state index in [1.165, 1.54) is 0 Å². The van der Waals surface area contributed by atoms with Crippen LogP contribution in [0.25, 0.3) is 0 Å². The molecular formula is C15H16INO3. The molecule has 2 fully saturated rings. The van der Waals surface area contributed by atoms with Crippen molar-refractivity contribution in [2.24, 2.45) is 11.3 Å². The van der Waals surface area contributed by atoms with Crippen LogP contribution in [-0.4, -0.2) is 35.0 Å². The topological polar surface area (TPSA) is 57.6 Å². The lowest BCUT2D eigenvalue weighted by Crippen LogP contribution is -2.37. The summed E-state index contributed by atoms with van der Waals surface area (Å²) in [5.41, 5.74) is -0.0464. The summed E-state index contributed by atoms with van der Waals surface area (Å²) < 4.78 is 1.01. The van der Waals surface area contributed by atoms with Gasteiger partial charge in [-0.05, 0) is 59.5 Å². The Labute approximate surface area is 131 Å². The van der Waals surface area contributed by atoms with Crippen molar-refractivity contribution in [3.05, 3.63) is 33.4 Å². The maximum atomic E-state index is 12.5. The van der Waals surface area contributed by atoms with Gasteiger partial charge < -0.3 is 10.0 Å². The highest BCUT2D eigenvalue weighted by Crippen LogP contribution is 2.49. The van der Waals surface area contributed by atoms with Crippen molar-refractivity contribution in [3.63, 3.8) is 0 Å². The van der Waals surface area contributed by atoms with Gasteiger partial charge in [0.05, 0.1) is 5.41 Å². The molecule has 0 radical (unpaired) electrons. The van der Waals surface area contributed by atoms with Crippen molar-refractivity contribution in [2.75, 3.05) is 13.1 Å². The van der Waals surface area contributed by atoms with Crippen molar-refractivity contribution in [1.82, 2.24) is 4.90 Å². The molecule has 2 aliphatic rings. The summed E-state index contributed by atoms with van der Waals surface area (Å²) in [6.45, 7) is 0.938. The first-order valence-electron chi connectivity index (χ1n) is 6.81. The van der Waals surface area contributed by atoms with Crippen molar-refractivity contribution >= 4 is 34.5 Å². The van der Waals surface area contributed by atoms with Crippen LogP contribution >= 0.6 is 22.6 Å². The second kappa shape index (κ2) is 5.02. The van der Waals surface area contributed by atoms with E-state index >= 15 is 0 Å². The standard InChI is InChI=1S/C15H16INO3/c16-12-5-1-3-10(7-12)13(18)17-8-11-4-2-6-15(11,9-17)14(19)20/h1,3,5,7,11H,2,4,6,8-9H2,(H,19,20)/t11-,15+/m0/s1. The zero-order chi connectivity index (χ0) is 14.3. The predicted molar refractivity (Wildman–Crippen MR) is 82.5 cm³/mol. The molecule has 1 N–H and O–H groups in total. The maximum absolute atomic E-state index is 12.5. The number of hydrogen-bond donors (Lipinski definition) is 1. The highest BCUT2D eigenvalue weighted by atomic mass is 127. The van der Waals surface area contributed by atoms with Crippen LogP contribution < -0.4 is 0 Å². The molecule has 1 aliphatic heterocycles. The molecule has 1 saturated carbocycles. The van der Waals surface area contributed by atoms with Gasteiger partial charge in [-0.1, -0.05) is 12.5 Å². The van der Waals surface area contributed by atoms with E-state index in [2.05, 4.69) is 22.6 Å². The fourth-order valence-electron chi connectivity index (χ4n) is 3.60. The molecule has 1 aliphatic carbocycles. The van der Waals surface area contributed by atoms with Gasteiger partial charge in [0, 0.05) is 22.2 Å². The van der Waals surface area contributed by atoms with Gasteiger partial charge in [0.1, 0.15) is 0 Å². The normalized spacial score (nSPS) is 28.4. The minimum absolute atomic E-state index is 0.0430. The molecule has 1 aromatic rings. The summed E-state index contributed by atoms with van der Waals surface area (Å²) in [7, 11) is 0. The Morgan fingerprint density at radius 1 is 1.40 bits per heavy atom. The van der Waals surface area contributed by atoms with Crippen LogP contribution in [0.15, 0.2) is 24.3 Å². The van der Waals surface area contributed by atoms with Crippen LogP contribution in [0.3, 0.4) is 0 Å². The number of benzene rings is 1. The molecule has 106 valence electrons. The van der Waals surface area contributed by atoms with E-state index < -0.39 is 11.4 Å². The van der Waals surface area contributed by atoms with E-state index in [-0.39, 0.29) is 11.8 Å². The molecule has 1 aromatic carbocycles. The number of amides is 1. The summed E-state index contributed by atoms with van der Waals surface area (Å²) in [5.74, 6) is -0.664. The number of aliphatic carboxylic acids is 1. The molecule has 20 heavy (non-hydrogen) atoms. The van der Waals surface area contributed by atoms with E-state index in [1.54, 1.807) is 11.0 Å². The smallest absolute Gasteiger partial charge is 0.311 e. The van der Waals surface area contributed by atoms with Gasteiger partial charge in [-0.25, -0.2) is 0 Å². The summed E-state index contributed by atoms with van der Waals surface area (Å²) in [6, 6.07) is 7.45. The second-order valence-corrected chi connectivity index (χ2v) is 6.99. The molecule has 1 heterocycles. The number of carboxylic acid groups (broad SMARTS) is 1. The van der Waals surface area contributed by atoms with Crippen LogP contribution in [0.1, 0.15) is 29.6 Å². The summed E-state index contributed by atoms with van der Waals surface area (Å²) in [5, 5.41) is 9.55. The van der Waals surface area contributed by atoms with Crippen molar-refractivity contribution in [1.29, 1.82) is 0 Å². The monoisotopic (exact) mass is 385 g/mol. The Morgan fingerprint density at radius 2 is 2.20 bits per heavy atom. The van der Waals surface area contributed by atoms with Crippen LogP contribution in [0, 0.1) is 14.9 Å². The van der Waals surface area contributed by atoms with Crippen molar-refractivity contribution in [2.45, 2.75) is 19.3 Å². The molecule has 2 atom stereocenters. The third-order valence-electron chi connectivity index (χ3n) is 4.66. The van der Waals surface area contributed by atoms with Crippen molar-refractivity contribution in [3.8, 4) is 0 Å².